The van der Waals surface area contributed by atoms with E-state index in [1.54, 1.807) is 18.2 Å². The number of benzene rings is 3. The van der Waals surface area contributed by atoms with Crippen molar-refractivity contribution in [3.8, 4) is 28.1 Å². The molecule has 0 saturated heterocycles. The van der Waals surface area contributed by atoms with Crippen LogP contribution in [0.4, 0.5) is 0 Å². The molecule has 5 heteroatoms. The average molecular weight is 423 g/mol. The summed E-state index contributed by atoms with van der Waals surface area (Å²) in [5, 5.41) is 10.9. The Hall–Kier alpha value is -2.75. The van der Waals surface area contributed by atoms with Gasteiger partial charge in [-0.2, -0.15) is 0 Å². The van der Waals surface area contributed by atoms with Gasteiger partial charge in [0, 0.05) is 16.5 Å². The van der Waals surface area contributed by atoms with E-state index in [9.17, 15) is 5.11 Å². The molecule has 146 valence electrons. The number of rotatable bonds is 5. The van der Waals surface area contributed by atoms with Crippen molar-refractivity contribution < 1.29 is 5.11 Å². The number of hydrogen-bond donors (Lipinski definition) is 2. The molecule has 0 aliphatic rings. The van der Waals surface area contributed by atoms with Gasteiger partial charge in [0.2, 0.25) is 0 Å². The molecule has 0 radical (unpaired) electrons. The number of imidazole rings is 1. The molecule has 1 unspecified atom stereocenters. The minimum Gasteiger partial charge on any atom is -0.508 e. The van der Waals surface area contributed by atoms with Gasteiger partial charge in [0.25, 0.3) is 0 Å². The predicted octanol–water partition coefficient (Wildman–Crippen LogP) is 7.30. The van der Waals surface area contributed by atoms with Gasteiger partial charge >= 0.3 is 0 Å². The second-order valence-corrected chi connectivity index (χ2v) is 7.78. The number of aromatic amines is 1. The first-order valence-corrected chi connectivity index (χ1v) is 10.2. The third-order valence-electron chi connectivity index (χ3n) is 5.05. The monoisotopic (exact) mass is 422 g/mol. The fourth-order valence-electron chi connectivity index (χ4n) is 3.54. The number of hydrogen-bond acceptors (Lipinski definition) is 2. The van der Waals surface area contributed by atoms with Crippen LogP contribution in [0.2, 0.25) is 10.0 Å². The summed E-state index contributed by atoms with van der Waals surface area (Å²) in [6.45, 7) is 2.14. The Kier molecular flexibility index (Phi) is 5.61. The second-order valence-electron chi connectivity index (χ2n) is 6.94. The van der Waals surface area contributed by atoms with Crippen LogP contribution in [0.25, 0.3) is 22.4 Å². The molecule has 1 aromatic heterocycles. The Morgan fingerprint density at radius 1 is 0.966 bits per heavy atom. The molecule has 2 N–H and O–H groups in total. The molecule has 4 aromatic rings. The summed E-state index contributed by atoms with van der Waals surface area (Å²) >= 11 is 12.3. The van der Waals surface area contributed by atoms with Gasteiger partial charge in [0.05, 0.1) is 16.9 Å². The van der Waals surface area contributed by atoms with Crippen molar-refractivity contribution in [2.45, 2.75) is 19.3 Å². The maximum atomic E-state index is 9.71. The summed E-state index contributed by atoms with van der Waals surface area (Å²) in [6, 6.07) is 21.1. The van der Waals surface area contributed by atoms with Gasteiger partial charge in [-0.05, 0) is 53.4 Å². The zero-order valence-electron chi connectivity index (χ0n) is 15.9. The zero-order valence-corrected chi connectivity index (χ0v) is 17.4. The lowest BCUT2D eigenvalue weighted by Crippen LogP contribution is -2.02. The lowest BCUT2D eigenvalue weighted by molar-refractivity contribution is 0.475. The fourth-order valence-corrected chi connectivity index (χ4v) is 4.05. The highest BCUT2D eigenvalue weighted by molar-refractivity contribution is 6.36. The van der Waals surface area contributed by atoms with Crippen molar-refractivity contribution in [2.75, 3.05) is 0 Å². The van der Waals surface area contributed by atoms with E-state index in [0.29, 0.717) is 10.0 Å². The largest absolute Gasteiger partial charge is 0.508 e. The maximum Gasteiger partial charge on any atom is 0.116 e. The number of nitrogens with one attached hydrogen (secondary N) is 1. The van der Waals surface area contributed by atoms with Crippen molar-refractivity contribution in [2.24, 2.45) is 0 Å². The summed E-state index contributed by atoms with van der Waals surface area (Å²) in [7, 11) is 0. The molecule has 1 heterocycles. The topological polar surface area (TPSA) is 48.9 Å². The lowest BCUT2D eigenvalue weighted by Gasteiger charge is -2.14. The SMILES string of the molecule is CCC(c1ccc(-c2cccc(O)c2)cc1)c1ncc(-c2ccc(Cl)cc2Cl)[nH]1. The van der Waals surface area contributed by atoms with Gasteiger partial charge in [0.1, 0.15) is 11.6 Å². The van der Waals surface area contributed by atoms with Crippen molar-refractivity contribution in [3.63, 3.8) is 0 Å². The summed E-state index contributed by atoms with van der Waals surface area (Å²) < 4.78 is 0. The van der Waals surface area contributed by atoms with Gasteiger partial charge in [-0.1, -0.05) is 66.5 Å². The fraction of sp³-hybridized carbons (Fsp3) is 0.125. The molecular weight excluding hydrogens is 403 g/mol. The molecule has 1 atom stereocenters. The molecule has 3 nitrogen and oxygen atoms in total. The first-order valence-electron chi connectivity index (χ1n) is 9.45. The molecule has 29 heavy (non-hydrogen) atoms. The quantitative estimate of drug-likeness (QED) is 0.354. The highest BCUT2D eigenvalue weighted by atomic mass is 35.5. The molecule has 0 aliphatic heterocycles. The van der Waals surface area contributed by atoms with Crippen LogP contribution in [0, 0.1) is 0 Å². The number of H-pyrrole nitrogens is 1. The Balaban J connectivity index is 1.62. The van der Waals surface area contributed by atoms with Crippen molar-refractivity contribution in [1.82, 2.24) is 9.97 Å². The van der Waals surface area contributed by atoms with Gasteiger partial charge in [-0.25, -0.2) is 4.98 Å². The maximum absolute atomic E-state index is 9.71. The van der Waals surface area contributed by atoms with E-state index < -0.39 is 0 Å². The second kappa shape index (κ2) is 8.32. The van der Waals surface area contributed by atoms with Crippen molar-refractivity contribution in [3.05, 3.63) is 94.4 Å². The van der Waals surface area contributed by atoms with Crippen LogP contribution in [0.5, 0.6) is 5.75 Å². The molecule has 0 saturated carbocycles. The number of phenolic OH excluding ortho intramolecular Hbond substituents is 1. The van der Waals surface area contributed by atoms with Crippen LogP contribution in [-0.4, -0.2) is 15.1 Å². The Bertz CT molecular complexity index is 1140. The Morgan fingerprint density at radius 2 is 1.76 bits per heavy atom. The number of phenols is 1. The van der Waals surface area contributed by atoms with Gasteiger partial charge in [-0.3, -0.25) is 0 Å². The highest BCUT2D eigenvalue weighted by Crippen LogP contribution is 2.33. The van der Waals surface area contributed by atoms with E-state index in [-0.39, 0.29) is 11.7 Å². The molecule has 0 amide bonds. The van der Waals surface area contributed by atoms with Gasteiger partial charge in [0.15, 0.2) is 0 Å². The van der Waals surface area contributed by atoms with Crippen LogP contribution >= 0.6 is 23.2 Å². The van der Waals surface area contributed by atoms with E-state index in [0.717, 1.165) is 34.6 Å². The third-order valence-corrected chi connectivity index (χ3v) is 5.60. The Labute approximate surface area is 180 Å². The number of halogens is 2. The van der Waals surface area contributed by atoms with Crippen molar-refractivity contribution >= 4 is 23.2 Å². The third kappa shape index (κ3) is 4.16. The predicted molar refractivity (Wildman–Crippen MR) is 120 cm³/mol. The normalized spacial score (nSPS) is 12.1. The van der Waals surface area contributed by atoms with Crippen molar-refractivity contribution in [1.29, 1.82) is 0 Å². The van der Waals surface area contributed by atoms with E-state index in [2.05, 4.69) is 41.2 Å². The molecule has 4 rings (SSSR count). The molecule has 0 aliphatic carbocycles. The highest BCUT2D eigenvalue weighted by Gasteiger charge is 2.17. The van der Waals surface area contributed by atoms with E-state index in [1.807, 2.05) is 30.5 Å². The van der Waals surface area contributed by atoms with E-state index in [1.165, 1.54) is 5.56 Å². The number of nitrogens with zero attached hydrogens (tertiary/aromatic N) is 1. The number of aromatic hydroxyl groups is 1. The molecule has 3 aromatic carbocycles. The Morgan fingerprint density at radius 3 is 2.45 bits per heavy atom. The first kappa shape index (κ1) is 19.6. The first-order chi connectivity index (χ1) is 14.0. The van der Waals surface area contributed by atoms with E-state index >= 15 is 0 Å². The van der Waals surface area contributed by atoms with Crippen LogP contribution in [0.1, 0.15) is 30.7 Å². The summed E-state index contributed by atoms with van der Waals surface area (Å²) in [5.41, 5.74) is 4.98. The summed E-state index contributed by atoms with van der Waals surface area (Å²) in [5.74, 6) is 1.31. The van der Waals surface area contributed by atoms with Gasteiger partial charge < -0.3 is 10.1 Å². The average Bonchev–Trinajstić information content (AvgIpc) is 3.18. The molecule has 0 spiro atoms. The van der Waals surface area contributed by atoms with Crippen LogP contribution in [0.3, 0.4) is 0 Å². The lowest BCUT2D eigenvalue weighted by atomic mass is 9.93. The van der Waals surface area contributed by atoms with E-state index in [4.69, 9.17) is 23.2 Å². The summed E-state index contributed by atoms with van der Waals surface area (Å²) in [4.78, 5) is 8.04. The molecule has 0 bridgehead atoms. The molecule has 0 fully saturated rings. The van der Waals surface area contributed by atoms with Crippen LogP contribution in [0.15, 0.2) is 72.9 Å². The summed E-state index contributed by atoms with van der Waals surface area (Å²) in [6.07, 6.45) is 2.72. The molecular formula is C24H20Cl2N2O. The smallest absolute Gasteiger partial charge is 0.116 e. The minimum absolute atomic E-state index is 0.146. The number of aromatic nitrogens is 2. The zero-order chi connectivity index (χ0) is 20.4. The minimum atomic E-state index is 0.146. The van der Waals surface area contributed by atoms with Crippen LogP contribution < -0.4 is 0 Å². The van der Waals surface area contributed by atoms with Crippen LogP contribution in [-0.2, 0) is 0 Å². The van der Waals surface area contributed by atoms with Gasteiger partial charge in [-0.15, -0.1) is 0 Å². The standard InChI is InChI=1S/C24H20Cl2N2O/c1-2-20(16-8-6-15(7-9-16)17-4-3-5-19(29)12-17)24-27-14-23(28-24)21-11-10-18(25)13-22(21)26/h3-14,20,29H,2H2,1H3,(H,27,28).